The van der Waals surface area contributed by atoms with Crippen LogP contribution in [0.3, 0.4) is 0 Å². The van der Waals surface area contributed by atoms with E-state index in [1.165, 1.54) is 6.07 Å². The van der Waals surface area contributed by atoms with Gasteiger partial charge in [-0.05, 0) is 11.4 Å². The molecule has 0 radical (unpaired) electrons. The summed E-state index contributed by atoms with van der Waals surface area (Å²) in [5, 5.41) is 1.59. The fourth-order valence-electron chi connectivity index (χ4n) is 0.410. The van der Waals surface area contributed by atoms with E-state index in [1.807, 2.05) is 0 Å². The van der Waals surface area contributed by atoms with E-state index in [2.05, 4.69) is 0 Å². The maximum atomic E-state index is 10.3. The molecule has 0 aliphatic carbocycles. The minimum Gasteiger partial charge on any atom is -0.281 e. The SMILES string of the molecule is O=S(=O)(O)c1cccs1.[Na+]. The molecule has 50 valence electrons. The summed E-state index contributed by atoms with van der Waals surface area (Å²) in [6.45, 7) is 0. The molecule has 0 aromatic carbocycles. The van der Waals surface area contributed by atoms with Crippen LogP contribution in [0.15, 0.2) is 21.7 Å². The Bertz CT molecular complexity index is 275. The molecule has 0 unspecified atom stereocenters. The van der Waals surface area contributed by atoms with E-state index < -0.39 is 10.1 Å². The molecule has 3 nitrogen and oxygen atoms in total. The molecule has 0 saturated heterocycles. The maximum Gasteiger partial charge on any atom is 1.00 e. The van der Waals surface area contributed by atoms with Crippen LogP contribution in [0, 0.1) is 0 Å². The summed E-state index contributed by atoms with van der Waals surface area (Å²) in [5.41, 5.74) is 0. The first kappa shape index (κ1) is 10.6. The van der Waals surface area contributed by atoms with Crippen LogP contribution in [0.5, 0.6) is 0 Å². The number of hydrogen-bond donors (Lipinski definition) is 1. The summed E-state index contributed by atoms with van der Waals surface area (Å²) in [6.07, 6.45) is 0. The molecule has 0 fully saturated rings. The molecule has 6 heteroatoms. The summed E-state index contributed by atoms with van der Waals surface area (Å²) < 4.78 is 28.9. The van der Waals surface area contributed by atoms with Crippen molar-refractivity contribution >= 4 is 21.5 Å². The predicted octanol–water partition coefficient (Wildman–Crippen LogP) is -2.00. The number of rotatable bonds is 1. The Hall–Kier alpha value is 0.610. The normalized spacial score (nSPS) is 10.5. The van der Waals surface area contributed by atoms with Crippen LogP contribution in [0.4, 0.5) is 0 Å². The number of thiophene rings is 1. The van der Waals surface area contributed by atoms with Crippen molar-refractivity contribution < 1.29 is 42.5 Å². The van der Waals surface area contributed by atoms with Gasteiger partial charge in [-0.25, -0.2) is 0 Å². The molecular weight excluding hydrogens is 183 g/mol. The second kappa shape index (κ2) is 3.85. The predicted molar refractivity (Wildman–Crippen MR) is 34.1 cm³/mol. The molecule has 1 aromatic rings. The van der Waals surface area contributed by atoms with E-state index in [9.17, 15) is 8.42 Å². The molecule has 1 rings (SSSR count). The molecule has 1 heterocycles. The van der Waals surface area contributed by atoms with Gasteiger partial charge in [0.15, 0.2) is 0 Å². The van der Waals surface area contributed by atoms with E-state index in [0.717, 1.165) is 11.3 Å². The van der Waals surface area contributed by atoms with Crippen molar-refractivity contribution in [3.05, 3.63) is 17.5 Å². The quantitative estimate of drug-likeness (QED) is 0.408. The molecule has 1 aromatic heterocycles. The molecular formula is C4H4NaO3S2+. The minimum absolute atomic E-state index is 0. The topological polar surface area (TPSA) is 54.4 Å². The zero-order valence-corrected chi connectivity index (χ0v) is 8.95. The van der Waals surface area contributed by atoms with Gasteiger partial charge >= 0.3 is 39.7 Å². The van der Waals surface area contributed by atoms with E-state index in [-0.39, 0.29) is 33.8 Å². The van der Waals surface area contributed by atoms with Gasteiger partial charge in [-0.15, -0.1) is 11.3 Å². The van der Waals surface area contributed by atoms with Crippen LogP contribution >= 0.6 is 11.3 Å². The largest absolute Gasteiger partial charge is 1.00 e. The first-order chi connectivity index (χ1) is 4.11. The molecule has 1 N–H and O–H groups in total. The average molecular weight is 187 g/mol. The van der Waals surface area contributed by atoms with E-state index in [1.54, 1.807) is 11.4 Å². The number of hydrogen-bond acceptors (Lipinski definition) is 3. The molecule has 10 heavy (non-hydrogen) atoms. The maximum absolute atomic E-state index is 10.3. The molecule has 0 saturated carbocycles. The summed E-state index contributed by atoms with van der Waals surface area (Å²) in [4.78, 5) is 0. The summed E-state index contributed by atoms with van der Waals surface area (Å²) in [5.74, 6) is 0. The second-order valence-electron chi connectivity index (χ2n) is 1.41. The minimum atomic E-state index is -3.94. The van der Waals surface area contributed by atoms with Gasteiger partial charge in [0.1, 0.15) is 4.21 Å². The third-order valence-corrected chi connectivity index (χ3v) is 2.98. The summed E-state index contributed by atoms with van der Waals surface area (Å²) in [6, 6.07) is 2.91. The molecule has 0 aliphatic heterocycles. The van der Waals surface area contributed by atoms with E-state index in [4.69, 9.17) is 4.55 Å². The Morgan fingerprint density at radius 1 is 1.50 bits per heavy atom. The van der Waals surface area contributed by atoms with Crippen LogP contribution < -0.4 is 29.6 Å². The van der Waals surface area contributed by atoms with E-state index in [0.29, 0.717) is 0 Å². The Morgan fingerprint density at radius 3 is 2.30 bits per heavy atom. The van der Waals surface area contributed by atoms with Gasteiger partial charge in [-0.3, -0.25) is 4.55 Å². The van der Waals surface area contributed by atoms with Crippen LogP contribution in [0.2, 0.25) is 0 Å². The Kier molecular flexibility index (Phi) is 4.08. The van der Waals surface area contributed by atoms with Crippen molar-refractivity contribution in [2.75, 3.05) is 0 Å². The molecule has 0 bridgehead atoms. The Morgan fingerprint density at radius 2 is 2.10 bits per heavy atom. The van der Waals surface area contributed by atoms with Gasteiger partial charge < -0.3 is 0 Å². The summed E-state index contributed by atoms with van der Waals surface area (Å²) >= 11 is 0.992. The van der Waals surface area contributed by atoms with Crippen molar-refractivity contribution in [1.29, 1.82) is 0 Å². The van der Waals surface area contributed by atoms with E-state index >= 15 is 0 Å². The standard InChI is InChI=1S/C4H4O3S2.Na/c5-9(6,7)4-2-1-3-8-4;/h1-3H,(H,5,6,7);/q;+1. The fourth-order valence-corrected chi connectivity index (χ4v) is 1.76. The van der Waals surface area contributed by atoms with Gasteiger partial charge in [-0.1, -0.05) is 6.07 Å². The molecule has 0 spiro atoms. The zero-order chi connectivity index (χ0) is 6.91. The van der Waals surface area contributed by atoms with Crippen molar-refractivity contribution in [1.82, 2.24) is 0 Å². The Labute approximate surface area is 85.1 Å². The van der Waals surface area contributed by atoms with Crippen molar-refractivity contribution in [3.8, 4) is 0 Å². The zero-order valence-electron chi connectivity index (χ0n) is 5.31. The first-order valence-corrected chi connectivity index (χ1v) is 4.43. The van der Waals surface area contributed by atoms with Crippen LogP contribution in [-0.2, 0) is 10.1 Å². The van der Waals surface area contributed by atoms with Gasteiger partial charge in [0.05, 0.1) is 0 Å². The smallest absolute Gasteiger partial charge is 0.281 e. The van der Waals surface area contributed by atoms with Crippen LogP contribution in [-0.4, -0.2) is 13.0 Å². The second-order valence-corrected chi connectivity index (χ2v) is 4.00. The van der Waals surface area contributed by atoms with Gasteiger partial charge in [0.2, 0.25) is 0 Å². The summed E-state index contributed by atoms with van der Waals surface area (Å²) in [7, 11) is -3.94. The van der Waals surface area contributed by atoms with Crippen LogP contribution in [0.25, 0.3) is 0 Å². The molecule has 0 aliphatic rings. The third-order valence-electron chi connectivity index (χ3n) is 0.749. The van der Waals surface area contributed by atoms with Crippen molar-refractivity contribution in [3.63, 3.8) is 0 Å². The third kappa shape index (κ3) is 2.69. The monoisotopic (exact) mass is 187 g/mol. The van der Waals surface area contributed by atoms with Crippen LogP contribution in [0.1, 0.15) is 0 Å². The van der Waals surface area contributed by atoms with Crippen molar-refractivity contribution in [2.24, 2.45) is 0 Å². The Balaban J connectivity index is 0.000000810. The fraction of sp³-hybridized carbons (Fsp3) is 0. The average Bonchev–Trinajstić information content (AvgIpc) is 2.08. The van der Waals surface area contributed by atoms with Gasteiger partial charge in [0, 0.05) is 0 Å². The molecule has 0 atom stereocenters. The van der Waals surface area contributed by atoms with Gasteiger partial charge in [-0.2, -0.15) is 8.42 Å². The first-order valence-electron chi connectivity index (χ1n) is 2.12. The molecule has 0 amide bonds. The van der Waals surface area contributed by atoms with Crippen molar-refractivity contribution in [2.45, 2.75) is 4.21 Å². The van der Waals surface area contributed by atoms with Gasteiger partial charge in [0.25, 0.3) is 0 Å².